The Labute approximate surface area is 123 Å². The van der Waals surface area contributed by atoms with Gasteiger partial charge in [0.05, 0.1) is 5.56 Å². The number of nitriles is 1. The zero-order chi connectivity index (χ0) is 15.7. The number of hydrogen-bond acceptors (Lipinski definition) is 4. The molecular formula is C15H18N2O4. The van der Waals surface area contributed by atoms with Crippen LogP contribution in [0.15, 0.2) is 24.3 Å². The van der Waals surface area contributed by atoms with Gasteiger partial charge in [0, 0.05) is 0 Å². The van der Waals surface area contributed by atoms with E-state index in [1.54, 1.807) is 24.3 Å². The van der Waals surface area contributed by atoms with Crippen LogP contribution in [0.25, 0.3) is 0 Å². The summed E-state index contributed by atoms with van der Waals surface area (Å²) in [5.41, 5.74) is 0.325. The Bertz CT molecular complexity index is 537. The van der Waals surface area contributed by atoms with Gasteiger partial charge in [-0.3, -0.25) is 4.79 Å². The molecule has 1 aromatic carbocycles. The predicted octanol–water partition coefficient (Wildman–Crippen LogP) is 1.70. The molecule has 112 valence electrons. The summed E-state index contributed by atoms with van der Waals surface area (Å²) >= 11 is 0. The molecule has 1 unspecified atom stereocenters. The number of rotatable bonds is 8. The smallest absolute Gasteiger partial charge is 0.326 e. The van der Waals surface area contributed by atoms with Crippen molar-refractivity contribution in [3.8, 4) is 11.8 Å². The first-order valence-electron chi connectivity index (χ1n) is 6.72. The van der Waals surface area contributed by atoms with Crippen molar-refractivity contribution in [2.45, 2.75) is 32.2 Å². The monoisotopic (exact) mass is 290 g/mol. The van der Waals surface area contributed by atoms with Gasteiger partial charge < -0.3 is 15.2 Å². The van der Waals surface area contributed by atoms with E-state index in [0.717, 1.165) is 12.8 Å². The van der Waals surface area contributed by atoms with Gasteiger partial charge in [0.2, 0.25) is 0 Å². The van der Waals surface area contributed by atoms with Crippen LogP contribution in [-0.4, -0.2) is 29.6 Å². The van der Waals surface area contributed by atoms with Gasteiger partial charge in [-0.15, -0.1) is 0 Å². The second-order valence-electron chi connectivity index (χ2n) is 4.50. The fraction of sp³-hybridized carbons (Fsp3) is 0.400. The van der Waals surface area contributed by atoms with Crippen LogP contribution in [0, 0.1) is 11.3 Å². The van der Waals surface area contributed by atoms with Gasteiger partial charge in [-0.25, -0.2) is 4.79 Å². The first kappa shape index (κ1) is 16.5. The van der Waals surface area contributed by atoms with Crippen LogP contribution in [-0.2, 0) is 9.59 Å². The van der Waals surface area contributed by atoms with Gasteiger partial charge in [-0.1, -0.05) is 31.9 Å². The summed E-state index contributed by atoms with van der Waals surface area (Å²) in [6.45, 7) is 1.62. The molecule has 6 heteroatoms. The number of ether oxygens (including phenoxy) is 1. The average Bonchev–Trinajstić information content (AvgIpc) is 2.49. The summed E-state index contributed by atoms with van der Waals surface area (Å²) in [6.07, 6.45) is 1.95. The average molecular weight is 290 g/mol. The number of aliphatic carboxylic acids is 1. The minimum Gasteiger partial charge on any atom is -0.482 e. The van der Waals surface area contributed by atoms with Crippen LogP contribution >= 0.6 is 0 Å². The highest BCUT2D eigenvalue weighted by Crippen LogP contribution is 2.16. The van der Waals surface area contributed by atoms with Crippen molar-refractivity contribution in [3.05, 3.63) is 29.8 Å². The van der Waals surface area contributed by atoms with Crippen molar-refractivity contribution >= 4 is 11.9 Å². The molecule has 0 saturated heterocycles. The van der Waals surface area contributed by atoms with Crippen LogP contribution in [0.5, 0.6) is 5.75 Å². The number of para-hydroxylation sites is 1. The molecule has 6 nitrogen and oxygen atoms in total. The number of nitrogens with zero attached hydrogens (tertiary/aromatic N) is 1. The summed E-state index contributed by atoms with van der Waals surface area (Å²) < 4.78 is 5.25. The van der Waals surface area contributed by atoms with Gasteiger partial charge in [0.1, 0.15) is 17.9 Å². The number of nitrogens with one attached hydrogen (secondary N) is 1. The topological polar surface area (TPSA) is 99.4 Å². The molecule has 1 amide bonds. The first-order valence-corrected chi connectivity index (χ1v) is 6.72. The lowest BCUT2D eigenvalue weighted by Gasteiger charge is -2.14. The summed E-state index contributed by atoms with van der Waals surface area (Å²) in [5, 5.41) is 20.3. The largest absolute Gasteiger partial charge is 0.482 e. The number of hydrogen-bond donors (Lipinski definition) is 2. The molecule has 21 heavy (non-hydrogen) atoms. The van der Waals surface area contributed by atoms with Crippen molar-refractivity contribution in [1.82, 2.24) is 5.32 Å². The maximum absolute atomic E-state index is 11.7. The van der Waals surface area contributed by atoms with Gasteiger partial charge in [0.25, 0.3) is 5.91 Å². The maximum Gasteiger partial charge on any atom is 0.326 e. The second-order valence-corrected chi connectivity index (χ2v) is 4.50. The lowest BCUT2D eigenvalue weighted by atomic mass is 10.1. The third kappa shape index (κ3) is 5.53. The molecular weight excluding hydrogens is 272 g/mol. The molecule has 0 spiro atoms. The van der Waals surface area contributed by atoms with Crippen LogP contribution in [0.4, 0.5) is 0 Å². The normalized spacial score (nSPS) is 11.2. The van der Waals surface area contributed by atoms with E-state index in [1.165, 1.54) is 0 Å². The van der Waals surface area contributed by atoms with Crippen molar-refractivity contribution in [2.24, 2.45) is 0 Å². The zero-order valence-electron chi connectivity index (χ0n) is 11.8. The molecule has 0 aliphatic heterocycles. The molecule has 0 heterocycles. The van der Waals surface area contributed by atoms with Crippen molar-refractivity contribution in [2.75, 3.05) is 6.61 Å². The Hall–Kier alpha value is -2.55. The SMILES string of the molecule is CCCCC(NC(=O)COc1ccccc1C#N)C(=O)O. The number of carboxylic acid groups (broad SMARTS) is 1. The molecule has 0 aromatic heterocycles. The zero-order valence-corrected chi connectivity index (χ0v) is 11.8. The van der Waals surface area contributed by atoms with E-state index >= 15 is 0 Å². The van der Waals surface area contributed by atoms with Gasteiger partial charge >= 0.3 is 5.97 Å². The van der Waals surface area contributed by atoms with E-state index in [2.05, 4.69) is 5.32 Å². The third-order valence-electron chi connectivity index (χ3n) is 2.85. The number of benzene rings is 1. The summed E-state index contributed by atoms with van der Waals surface area (Å²) in [7, 11) is 0. The van der Waals surface area contributed by atoms with E-state index in [9.17, 15) is 9.59 Å². The predicted molar refractivity (Wildman–Crippen MR) is 75.7 cm³/mol. The number of carbonyl (C=O) groups excluding carboxylic acids is 1. The summed E-state index contributed by atoms with van der Waals surface area (Å²) in [6, 6.07) is 7.59. The minimum absolute atomic E-state index is 0.301. The lowest BCUT2D eigenvalue weighted by Crippen LogP contribution is -2.42. The number of carbonyl (C=O) groups is 2. The highest BCUT2D eigenvalue weighted by molar-refractivity contribution is 5.84. The van der Waals surface area contributed by atoms with Gasteiger partial charge in [-0.2, -0.15) is 5.26 Å². The highest BCUT2D eigenvalue weighted by atomic mass is 16.5. The van der Waals surface area contributed by atoms with Crippen molar-refractivity contribution in [1.29, 1.82) is 5.26 Å². The first-order chi connectivity index (χ1) is 10.1. The standard InChI is InChI=1S/C15H18N2O4/c1-2-3-7-12(15(19)20)17-14(18)10-21-13-8-5-4-6-11(13)9-16/h4-6,8,12H,2-3,7,10H2,1H3,(H,17,18)(H,19,20). The van der Waals surface area contributed by atoms with Gasteiger partial charge in [-0.05, 0) is 18.6 Å². The molecule has 0 radical (unpaired) electrons. The molecule has 1 rings (SSSR count). The van der Waals surface area contributed by atoms with E-state index in [-0.39, 0.29) is 6.61 Å². The summed E-state index contributed by atoms with van der Waals surface area (Å²) in [5.74, 6) is -1.28. The Morgan fingerprint density at radius 1 is 1.43 bits per heavy atom. The maximum atomic E-state index is 11.7. The van der Waals surface area contributed by atoms with Gasteiger partial charge in [0.15, 0.2) is 6.61 Å². The Balaban J connectivity index is 2.53. The van der Waals surface area contributed by atoms with E-state index in [4.69, 9.17) is 15.1 Å². The van der Waals surface area contributed by atoms with Crippen molar-refractivity contribution < 1.29 is 19.4 Å². The van der Waals surface area contributed by atoms with Crippen LogP contribution in [0.2, 0.25) is 0 Å². The van der Waals surface area contributed by atoms with Crippen molar-refractivity contribution in [3.63, 3.8) is 0 Å². The quantitative estimate of drug-likeness (QED) is 0.759. The van der Waals surface area contributed by atoms with Crippen LogP contribution < -0.4 is 10.1 Å². The minimum atomic E-state index is -1.06. The molecule has 1 aromatic rings. The molecule has 0 bridgehead atoms. The fourth-order valence-electron chi connectivity index (χ4n) is 1.73. The molecule has 0 fully saturated rings. The Morgan fingerprint density at radius 3 is 2.76 bits per heavy atom. The number of amides is 1. The Kier molecular flexibility index (Phi) is 6.75. The molecule has 2 N–H and O–H groups in total. The molecule has 0 saturated carbocycles. The van der Waals surface area contributed by atoms with E-state index < -0.39 is 17.9 Å². The van der Waals surface area contributed by atoms with Crippen LogP contribution in [0.3, 0.4) is 0 Å². The summed E-state index contributed by atoms with van der Waals surface area (Å²) in [4.78, 5) is 22.7. The van der Waals surface area contributed by atoms with E-state index in [0.29, 0.717) is 17.7 Å². The second kappa shape index (κ2) is 8.59. The molecule has 0 aliphatic carbocycles. The Morgan fingerprint density at radius 2 is 2.14 bits per heavy atom. The number of unbranched alkanes of at least 4 members (excludes halogenated alkanes) is 1. The molecule has 0 aliphatic rings. The van der Waals surface area contributed by atoms with Crippen LogP contribution in [0.1, 0.15) is 31.7 Å². The van der Waals surface area contributed by atoms with E-state index in [1.807, 2.05) is 13.0 Å². The third-order valence-corrected chi connectivity index (χ3v) is 2.85. The number of carboxylic acids is 1. The molecule has 1 atom stereocenters. The lowest BCUT2D eigenvalue weighted by molar-refractivity contribution is -0.142. The highest BCUT2D eigenvalue weighted by Gasteiger charge is 2.19. The fourth-order valence-corrected chi connectivity index (χ4v) is 1.73.